The number of hydrogen-bond acceptors (Lipinski definition) is 2. The molecule has 0 aliphatic rings. The smallest absolute Gasteiger partial charge is 0.241 e. The first kappa shape index (κ1) is 15.4. The molecule has 0 aliphatic carbocycles. The zero-order valence-electron chi connectivity index (χ0n) is 10.4. The molecule has 1 unspecified atom stereocenters. The van der Waals surface area contributed by atoms with Crippen molar-refractivity contribution in [2.45, 2.75) is 32.5 Å². The second-order valence-corrected chi connectivity index (χ2v) is 4.92. The van der Waals surface area contributed by atoms with E-state index in [0.29, 0.717) is 13.1 Å². The molecule has 4 nitrogen and oxygen atoms in total. The SMILES string of the molecule is CCN(CC)C(=O)CNC(=O)C(Br)C(C)C. The summed E-state index contributed by atoms with van der Waals surface area (Å²) in [5, 5.41) is 2.64. The third kappa shape index (κ3) is 4.96. The van der Waals surface area contributed by atoms with Crippen molar-refractivity contribution in [3.63, 3.8) is 0 Å². The van der Waals surface area contributed by atoms with Crippen LogP contribution in [0.1, 0.15) is 27.7 Å². The van der Waals surface area contributed by atoms with E-state index in [1.807, 2.05) is 27.7 Å². The molecule has 0 heterocycles. The number of alkyl halides is 1. The van der Waals surface area contributed by atoms with Crippen LogP contribution in [0.5, 0.6) is 0 Å². The maximum atomic E-state index is 11.6. The summed E-state index contributed by atoms with van der Waals surface area (Å²) < 4.78 is 0. The molecule has 0 aromatic rings. The van der Waals surface area contributed by atoms with E-state index in [2.05, 4.69) is 21.2 Å². The molecule has 0 spiro atoms. The van der Waals surface area contributed by atoms with Gasteiger partial charge < -0.3 is 10.2 Å². The molecule has 0 radical (unpaired) electrons. The van der Waals surface area contributed by atoms with Crippen LogP contribution in [0.4, 0.5) is 0 Å². The molecule has 1 atom stereocenters. The van der Waals surface area contributed by atoms with E-state index in [1.54, 1.807) is 4.90 Å². The lowest BCUT2D eigenvalue weighted by atomic mass is 10.1. The molecular formula is C11H21BrN2O2. The highest BCUT2D eigenvalue weighted by Crippen LogP contribution is 2.11. The highest BCUT2D eigenvalue weighted by atomic mass is 79.9. The Morgan fingerprint density at radius 3 is 2.12 bits per heavy atom. The monoisotopic (exact) mass is 292 g/mol. The fourth-order valence-corrected chi connectivity index (χ4v) is 1.41. The van der Waals surface area contributed by atoms with Gasteiger partial charge in [-0.3, -0.25) is 9.59 Å². The van der Waals surface area contributed by atoms with Crippen molar-refractivity contribution in [3.8, 4) is 0 Å². The maximum absolute atomic E-state index is 11.6. The number of rotatable bonds is 6. The van der Waals surface area contributed by atoms with Crippen LogP contribution in [0, 0.1) is 5.92 Å². The van der Waals surface area contributed by atoms with E-state index in [1.165, 1.54) is 0 Å². The summed E-state index contributed by atoms with van der Waals surface area (Å²) in [7, 11) is 0. The molecule has 0 aromatic carbocycles. The Balaban J connectivity index is 4.05. The molecule has 0 saturated heterocycles. The van der Waals surface area contributed by atoms with Crippen molar-refractivity contribution >= 4 is 27.7 Å². The van der Waals surface area contributed by atoms with Crippen LogP contribution in [0.25, 0.3) is 0 Å². The summed E-state index contributed by atoms with van der Waals surface area (Å²) in [5.74, 6) is 0.0425. The van der Waals surface area contributed by atoms with Gasteiger partial charge in [-0.05, 0) is 19.8 Å². The highest BCUT2D eigenvalue weighted by Gasteiger charge is 2.19. The van der Waals surface area contributed by atoms with Gasteiger partial charge in [-0.25, -0.2) is 0 Å². The van der Waals surface area contributed by atoms with Gasteiger partial charge in [-0.15, -0.1) is 0 Å². The van der Waals surface area contributed by atoms with Gasteiger partial charge in [0.1, 0.15) is 0 Å². The van der Waals surface area contributed by atoms with Gasteiger partial charge in [0.2, 0.25) is 11.8 Å². The van der Waals surface area contributed by atoms with E-state index in [4.69, 9.17) is 0 Å². The maximum Gasteiger partial charge on any atom is 0.241 e. The molecule has 0 saturated carbocycles. The number of hydrogen-bond donors (Lipinski definition) is 1. The van der Waals surface area contributed by atoms with Crippen molar-refractivity contribution in [1.29, 1.82) is 0 Å². The summed E-state index contributed by atoms with van der Waals surface area (Å²) in [6.45, 7) is 9.17. The third-order valence-electron chi connectivity index (χ3n) is 2.37. The van der Waals surface area contributed by atoms with Crippen LogP contribution >= 0.6 is 15.9 Å². The molecule has 0 aliphatic heterocycles. The van der Waals surface area contributed by atoms with Crippen LogP contribution in [-0.4, -0.2) is 41.2 Å². The van der Waals surface area contributed by atoms with Crippen LogP contribution in [0.2, 0.25) is 0 Å². The van der Waals surface area contributed by atoms with Crippen molar-refractivity contribution in [1.82, 2.24) is 10.2 Å². The number of nitrogens with zero attached hydrogens (tertiary/aromatic N) is 1. The number of carbonyl (C=O) groups excluding carboxylic acids is 2. The fourth-order valence-electron chi connectivity index (χ4n) is 1.25. The van der Waals surface area contributed by atoms with E-state index in [9.17, 15) is 9.59 Å². The average Bonchev–Trinajstić information content (AvgIpc) is 2.26. The van der Waals surface area contributed by atoms with E-state index < -0.39 is 0 Å². The van der Waals surface area contributed by atoms with Crippen LogP contribution < -0.4 is 5.32 Å². The van der Waals surface area contributed by atoms with Gasteiger partial charge in [-0.2, -0.15) is 0 Å². The Hall–Kier alpha value is -0.580. The van der Waals surface area contributed by atoms with Crippen LogP contribution in [0.15, 0.2) is 0 Å². The predicted molar refractivity (Wildman–Crippen MR) is 68.5 cm³/mol. The Bertz CT molecular complexity index is 226. The van der Waals surface area contributed by atoms with Crippen molar-refractivity contribution in [2.75, 3.05) is 19.6 Å². The second-order valence-electron chi connectivity index (χ2n) is 3.93. The Morgan fingerprint density at radius 2 is 1.75 bits per heavy atom. The number of nitrogens with one attached hydrogen (secondary N) is 1. The number of halogens is 1. The summed E-state index contributed by atoms with van der Waals surface area (Å²) in [4.78, 5) is 24.6. The van der Waals surface area contributed by atoms with Crippen molar-refractivity contribution < 1.29 is 9.59 Å². The average molecular weight is 293 g/mol. The summed E-state index contributed by atoms with van der Waals surface area (Å²) in [5.41, 5.74) is 0. The lowest BCUT2D eigenvalue weighted by molar-refractivity contribution is -0.132. The lowest BCUT2D eigenvalue weighted by Crippen LogP contribution is -2.43. The Kier molecular flexibility index (Phi) is 7.38. The van der Waals surface area contributed by atoms with Gasteiger partial charge in [0.15, 0.2) is 0 Å². The molecule has 16 heavy (non-hydrogen) atoms. The first-order valence-corrected chi connectivity index (χ1v) is 6.55. The minimum absolute atomic E-state index is 0.0400. The Labute approximate surface area is 106 Å². The predicted octanol–water partition coefficient (Wildman–Crippen LogP) is 1.39. The Morgan fingerprint density at radius 1 is 1.25 bits per heavy atom. The minimum atomic E-state index is -0.239. The molecular weight excluding hydrogens is 272 g/mol. The fraction of sp³-hybridized carbons (Fsp3) is 0.818. The van der Waals surface area contributed by atoms with Crippen molar-refractivity contribution in [3.05, 3.63) is 0 Å². The standard InChI is InChI=1S/C11H21BrN2O2/c1-5-14(6-2)9(15)7-13-11(16)10(12)8(3)4/h8,10H,5-7H2,1-4H3,(H,13,16). The molecule has 0 aromatic heterocycles. The molecule has 0 fully saturated rings. The van der Waals surface area contributed by atoms with E-state index in [0.717, 1.165) is 0 Å². The minimum Gasteiger partial charge on any atom is -0.346 e. The largest absolute Gasteiger partial charge is 0.346 e. The topological polar surface area (TPSA) is 49.4 Å². The number of likely N-dealkylation sites (N-methyl/N-ethyl adjacent to an activating group) is 1. The summed E-state index contributed by atoms with van der Waals surface area (Å²) in [6.07, 6.45) is 0. The van der Waals surface area contributed by atoms with Gasteiger partial charge in [-0.1, -0.05) is 29.8 Å². The van der Waals surface area contributed by atoms with Crippen molar-refractivity contribution in [2.24, 2.45) is 5.92 Å². The highest BCUT2D eigenvalue weighted by molar-refractivity contribution is 9.10. The number of carbonyl (C=O) groups is 2. The number of amides is 2. The quantitative estimate of drug-likeness (QED) is 0.752. The molecule has 2 amide bonds. The lowest BCUT2D eigenvalue weighted by Gasteiger charge is -2.20. The molecule has 94 valence electrons. The zero-order chi connectivity index (χ0) is 12.7. The first-order chi connectivity index (χ1) is 7.43. The molecule has 1 N–H and O–H groups in total. The van der Waals surface area contributed by atoms with E-state index in [-0.39, 0.29) is 29.1 Å². The summed E-state index contributed by atoms with van der Waals surface area (Å²) >= 11 is 3.29. The van der Waals surface area contributed by atoms with Crippen LogP contribution in [0.3, 0.4) is 0 Å². The van der Waals surface area contributed by atoms with Gasteiger partial charge in [0.05, 0.1) is 11.4 Å². The zero-order valence-corrected chi connectivity index (χ0v) is 12.0. The second kappa shape index (κ2) is 7.65. The molecule has 0 rings (SSSR count). The molecule has 5 heteroatoms. The van der Waals surface area contributed by atoms with E-state index >= 15 is 0 Å². The summed E-state index contributed by atoms with van der Waals surface area (Å²) in [6, 6.07) is 0. The van der Waals surface area contributed by atoms with Gasteiger partial charge in [0.25, 0.3) is 0 Å². The normalized spacial score (nSPS) is 12.4. The third-order valence-corrected chi connectivity index (χ3v) is 3.84. The van der Waals surface area contributed by atoms with Crippen LogP contribution in [-0.2, 0) is 9.59 Å². The first-order valence-electron chi connectivity index (χ1n) is 5.63. The van der Waals surface area contributed by atoms with Gasteiger partial charge >= 0.3 is 0 Å². The molecule has 0 bridgehead atoms. The van der Waals surface area contributed by atoms with Gasteiger partial charge in [0, 0.05) is 13.1 Å².